The molecule has 2 aliphatic heterocycles. The van der Waals surface area contributed by atoms with Gasteiger partial charge in [-0.1, -0.05) is 0 Å². The lowest BCUT2D eigenvalue weighted by atomic mass is 9.76. The molecule has 21 heavy (non-hydrogen) atoms. The van der Waals surface area contributed by atoms with Gasteiger partial charge in [-0.05, 0) is 19.3 Å². The van der Waals surface area contributed by atoms with Crippen LogP contribution in [0, 0.1) is 11.3 Å². The van der Waals surface area contributed by atoms with Gasteiger partial charge in [-0.2, -0.15) is 5.26 Å². The van der Waals surface area contributed by atoms with Crippen molar-refractivity contribution < 1.29 is 24.1 Å². The smallest absolute Gasteiger partial charge is 0.303 e. The molecule has 1 unspecified atom stereocenters. The summed E-state index contributed by atoms with van der Waals surface area (Å²) in [5.41, 5.74) is -0.473. The summed E-state index contributed by atoms with van der Waals surface area (Å²) in [5.74, 6) is -0.402. The number of carbonyl (C=O) groups excluding carboxylic acids is 1. The Morgan fingerprint density at radius 1 is 1.48 bits per heavy atom. The molecular formula is C15H21NO5. The van der Waals surface area contributed by atoms with Crippen molar-refractivity contribution in [2.45, 2.75) is 81.6 Å². The molecule has 1 aliphatic carbocycles. The maximum Gasteiger partial charge on any atom is 0.303 e. The highest BCUT2D eigenvalue weighted by atomic mass is 16.6. The molecule has 1 spiro atoms. The quantitative estimate of drug-likeness (QED) is 0.783. The van der Waals surface area contributed by atoms with Gasteiger partial charge in [0.2, 0.25) is 0 Å². The van der Waals surface area contributed by atoms with Gasteiger partial charge in [0.15, 0.2) is 6.10 Å². The van der Waals surface area contributed by atoms with E-state index in [9.17, 15) is 9.90 Å². The van der Waals surface area contributed by atoms with Crippen LogP contribution in [-0.2, 0) is 19.0 Å². The summed E-state index contributed by atoms with van der Waals surface area (Å²) in [4.78, 5) is 11.2. The molecule has 1 N–H and O–H groups in total. The monoisotopic (exact) mass is 295 g/mol. The third-order valence-corrected chi connectivity index (χ3v) is 4.81. The summed E-state index contributed by atoms with van der Waals surface area (Å²) in [6.45, 7) is 1.34. The maximum absolute atomic E-state index is 11.2. The van der Waals surface area contributed by atoms with E-state index in [1.54, 1.807) is 0 Å². The van der Waals surface area contributed by atoms with Gasteiger partial charge in [0, 0.05) is 26.2 Å². The Labute approximate surface area is 124 Å². The highest BCUT2D eigenvalue weighted by Crippen LogP contribution is 2.50. The Morgan fingerprint density at radius 2 is 2.29 bits per heavy atom. The molecular weight excluding hydrogens is 274 g/mol. The number of hydrogen-bond donors (Lipinski definition) is 1. The van der Waals surface area contributed by atoms with Crippen LogP contribution in [0.5, 0.6) is 0 Å². The van der Waals surface area contributed by atoms with Crippen LogP contribution in [0.15, 0.2) is 0 Å². The van der Waals surface area contributed by atoms with E-state index in [1.165, 1.54) is 6.92 Å². The number of aliphatic hydroxyl groups is 1. The number of nitriles is 1. The Hall–Kier alpha value is -1.16. The summed E-state index contributed by atoms with van der Waals surface area (Å²) in [7, 11) is 0. The van der Waals surface area contributed by atoms with E-state index >= 15 is 0 Å². The first-order valence-corrected chi connectivity index (χ1v) is 7.59. The number of carbonyl (C=O) groups is 1. The van der Waals surface area contributed by atoms with E-state index < -0.39 is 23.8 Å². The minimum atomic E-state index is -0.757. The van der Waals surface area contributed by atoms with Gasteiger partial charge in [0.05, 0.1) is 30.0 Å². The zero-order valence-electron chi connectivity index (χ0n) is 12.2. The average Bonchev–Trinajstić information content (AvgIpc) is 2.74. The van der Waals surface area contributed by atoms with E-state index in [4.69, 9.17) is 19.5 Å². The van der Waals surface area contributed by atoms with Crippen molar-refractivity contribution in [3.8, 4) is 6.07 Å². The number of ether oxygens (including phenoxy) is 3. The molecule has 3 aliphatic rings. The molecule has 0 aromatic rings. The summed E-state index contributed by atoms with van der Waals surface area (Å²) < 4.78 is 17.4. The molecule has 0 aromatic heterocycles. The van der Waals surface area contributed by atoms with E-state index in [1.807, 2.05) is 0 Å². The van der Waals surface area contributed by atoms with E-state index in [0.29, 0.717) is 19.3 Å². The standard InChI is InChI=1S/C15H21NO5/c1-9(17)19-14-11(18)7-15-8-12(14)20-13(15)5-4-10(21-15)3-2-6-16/h10-14,18H,2-5,7-8H2,1H3/t10?,11-,12-,13+,14-,15+/m1/s1. The zero-order valence-corrected chi connectivity index (χ0v) is 12.2. The van der Waals surface area contributed by atoms with E-state index in [-0.39, 0.29) is 18.3 Å². The fourth-order valence-corrected chi connectivity index (χ4v) is 3.99. The average molecular weight is 295 g/mol. The van der Waals surface area contributed by atoms with Crippen LogP contribution >= 0.6 is 0 Å². The first kappa shape index (κ1) is 14.8. The predicted octanol–water partition coefficient (Wildman–Crippen LogP) is 1.06. The van der Waals surface area contributed by atoms with Crippen LogP contribution in [0.25, 0.3) is 0 Å². The highest BCUT2D eigenvalue weighted by Gasteiger charge is 2.61. The van der Waals surface area contributed by atoms with Crippen molar-refractivity contribution in [2.75, 3.05) is 0 Å². The molecule has 0 amide bonds. The fourth-order valence-electron chi connectivity index (χ4n) is 3.99. The molecule has 2 heterocycles. The molecule has 3 fully saturated rings. The molecule has 0 radical (unpaired) electrons. The fraction of sp³-hybridized carbons (Fsp3) is 0.867. The molecule has 6 heteroatoms. The molecule has 2 bridgehead atoms. The SMILES string of the molecule is CC(=O)O[C@@H]1[C@H](O)C[C@]23C[C@H]1O[C@H]2CCC(CCC#N)O3. The lowest BCUT2D eigenvalue weighted by molar-refractivity contribution is -0.184. The second-order valence-electron chi connectivity index (χ2n) is 6.29. The van der Waals surface area contributed by atoms with Gasteiger partial charge < -0.3 is 19.3 Å². The third-order valence-electron chi connectivity index (χ3n) is 4.81. The van der Waals surface area contributed by atoms with Gasteiger partial charge in [0.1, 0.15) is 6.10 Å². The summed E-state index contributed by atoms with van der Waals surface area (Å²) >= 11 is 0. The number of fused-ring (bicyclic) bond motifs is 1. The van der Waals surface area contributed by atoms with Crippen LogP contribution in [-0.4, -0.2) is 47.2 Å². The van der Waals surface area contributed by atoms with Crippen LogP contribution in [0.4, 0.5) is 0 Å². The van der Waals surface area contributed by atoms with E-state index in [0.717, 1.165) is 19.3 Å². The second-order valence-corrected chi connectivity index (χ2v) is 6.29. The van der Waals surface area contributed by atoms with Crippen molar-refractivity contribution in [3.63, 3.8) is 0 Å². The largest absolute Gasteiger partial charge is 0.457 e. The minimum Gasteiger partial charge on any atom is -0.457 e. The van der Waals surface area contributed by atoms with Gasteiger partial charge in [-0.3, -0.25) is 4.79 Å². The van der Waals surface area contributed by atoms with Crippen molar-refractivity contribution in [1.29, 1.82) is 5.26 Å². The summed E-state index contributed by atoms with van der Waals surface area (Å²) in [6.07, 6.45) is 2.38. The molecule has 116 valence electrons. The molecule has 0 aromatic carbocycles. The van der Waals surface area contributed by atoms with Crippen molar-refractivity contribution in [1.82, 2.24) is 0 Å². The Kier molecular flexibility index (Phi) is 3.91. The van der Waals surface area contributed by atoms with Gasteiger partial charge in [0.25, 0.3) is 0 Å². The lowest BCUT2D eigenvalue weighted by Crippen LogP contribution is -2.55. The number of aliphatic hydroxyl groups excluding tert-OH is 1. The summed E-state index contributed by atoms with van der Waals surface area (Å²) in [5, 5.41) is 19.0. The third kappa shape index (κ3) is 2.66. The van der Waals surface area contributed by atoms with Crippen LogP contribution in [0.1, 0.15) is 45.4 Å². The topological polar surface area (TPSA) is 88.8 Å². The highest BCUT2D eigenvalue weighted by molar-refractivity contribution is 5.66. The maximum atomic E-state index is 11.2. The Balaban J connectivity index is 1.72. The number of rotatable bonds is 3. The zero-order chi connectivity index (χ0) is 15.0. The van der Waals surface area contributed by atoms with Crippen LogP contribution in [0.3, 0.4) is 0 Å². The molecule has 6 atom stereocenters. The molecule has 1 saturated carbocycles. The second kappa shape index (κ2) is 5.56. The van der Waals surface area contributed by atoms with Crippen LogP contribution < -0.4 is 0 Å². The minimum absolute atomic E-state index is 0.0453. The molecule has 2 saturated heterocycles. The number of hydrogen-bond acceptors (Lipinski definition) is 6. The van der Waals surface area contributed by atoms with Crippen LogP contribution in [0.2, 0.25) is 0 Å². The predicted molar refractivity (Wildman–Crippen MR) is 71.1 cm³/mol. The van der Waals surface area contributed by atoms with Gasteiger partial charge in [-0.25, -0.2) is 0 Å². The normalized spacial score (nSPS) is 44.7. The first-order valence-electron chi connectivity index (χ1n) is 7.59. The first-order chi connectivity index (χ1) is 10.0. The Morgan fingerprint density at radius 3 is 3.00 bits per heavy atom. The number of nitrogens with zero attached hydrogens (tertiary/aromatic N) is 1. The van der Waals surface area contributed by atoms with E-state index in [2.05, 4.69) is 6.07 Å². The Bertz CT molecular complexity index is 461. The number of esters is 1. The molecule has 3 rings (SSSR count). The summed E-state index contributed by atoms with van der Waals surface area (Å²) in [6, 6.07) is 2.15. The van der Waals surface area contributed by atoms with Crippen molar-refractivity contribution >= 4 is 5.97 Å². The lowest BCUT2D eigenvalue weighted by Gasteiger charge is -2.44. The van der Waals surface area contributed by atoms with Gasteiger partial charge >= 0.3 is 5.97 Å². The van der Waals surface area contributed by atoms with Gasteiger partial charge in [-0.15, -0.1) is 0 Å². The van der Waals surface area contributed by atoms with Crippen molar-refractivity contribution in [2.24, 2.45) is 0 Å². The van der Waals surface area contributed by atoms with Crippen molar-refractivity contribution in [3.05, 3.63) is 0 Å². The molecule has 6 nitrogen and oxygen atoms in total.